The van der Waals surface area contributed by atoms with Gasteiger partial charge in [-0.05, 0) is 48.1 Å². The van der Waals surface area contributed by atoms with Crippen molar-refractivity contribution >= 4 is 5.97 Å². The van der Waals surface area contributed by atoms with Gasteiger partial charge in [-0.3, -0.25) is 4.79 Å². The van der Waals surface area contributed by atoms with Gasteiger partial charge in [0.1, 0.15) is 6.04 Å². The highest BCUT2D eigenvalue weighted by atomic mass is 16.4. The number of aliphatic carboxylic acids is 1. The SMILES string of the molecule is CC.Cc1cccc(C(Cc2ccc(C(N)C(=O)O)cc2)c2cnc[nH]2)c1C. The minimum absolute atomic E-state index is 0.149. The summed E-state index contributed by atoms with van der Waals surface area (Å²) in [6.07, 6.45) is 4.35. The average molecular weight is 380 g/mol. The van der Waals surface area contributed by atoms with Crippen LogP contribution >= 0.6 is 0 Å². The molecule has 5 nitrogen and oxygen atoms in total. The lowest BCUT2D eigenvalue weighted by atomic mass is 9.85. The van der Waals surface area contributed by atoms with E-state index in [2.05, 4.69) is 42.0 Å². The fourth-order valence-corrected chi connectivity index (χ4v) is 3.24. The van der Waals surface area contributed by atoms with Gasteiger partial charge in [-0.15, -0.1) is 0 Å². The van der Waals surface area contributed by atoms with Crippen molar-refractivity contribution in [2.75, 3.05) is 0 Å². The molecule has 5 heteroatoms. The first-order chi connectivity index (χ1) is 13.5. The maximum atomic E-state index is 11.0. The number of hydrogen-bond acceptors (Lipinski definition) is 3. The number of imidazole rings is 1. The summed E-state index contributed by atoms with van der Waals surface area (Å²) in [6.45, 7) is 8.26. The van der Waals surface area contributed by atoms with Crippen LogP contribution in [0.1, 0.15) is 59.3 Å². The van der Waals surface area contributed by atoms with Crippen LogP contribution in [0, 0.1) is 13.8 Å². The molecule has 0 bridgehead atoms. The Labute approximate surface area is 166 Å². The number of nitrogens with one attached hydrogen (secondary N) is 1. The molecule has 0 saturated carbocycles. The molecule has 2 unspecified atom stereocenters. The maximum Gasteiger partial charge on any atom is 0.325 e. The van der Waals surface area contributed by atoms with Gasteiger partial charge in [0, 0.05) is 17.8 Å². The molecule has 1 aromatic heterocycles. The monoisotopic (exact) mass is 379 g/mol. The lowest BCUT2D eigenvalue weighted by Crippen LogP contribution is -2.20. The molecule has 1 heterocycles. The molecule has 28 heavy (non-hydrogen) atoms. The number of nitrogens with two attached hydrogens (primary N) is 1. The van der Waals surface area contributed by atoms with Crippen molar-refractivity contribution in [1.29, 1.82) is 0 Å². The molecule has 0 fully saturated rings. The van der Waals surface area contributed by atoms with E-state index < -0.39 is 12.0 Å². The van der Waals surface area contributed by atoms with Crippen molar-refractivity contribution in [3.63, 3.8) is 0 Å². The van der Waals surface area contributed by atoms with E-state index in [1.165, 1.54) is 16.7 Å². The lowest BCUT2D eigenvalue weighted by molar-refractivity contribution is -0.138. The van der Waals surface area contributed by atoms with Gasteiger partial charge in [0.2, 0.25) is 0 Å². The third-order valence-corrected chi connectivity index (χ3v) is 4.96. The number of hydrogen-bond donors (Lipinski definition) is 3. The van der Waals surface area contributed by atoms with Crippen LogP contribution in [-0.2, 0) is 11.2 Å². The smallest absolute Gasteiger partial charge is 0.325 e. The Kier molecular flexibility index (Phi) is 7.52. The summed E-state index contributed by atoms with van der Waals surface area (Å²) in [4.78, 5) is 18.5. The number of H-pyrrole nitrogens is 1. The fourth-order valence-electron chi connectivity index (χ4n) is 3.24. The Balaban J connectivity index is 0.00000136. The number of rotatable bonds is 6. The number of carboxylic acid groups (broad SMARTS) is 1. The number of nitrogens with zero attached hydrogens (tertiary/aromatic N) is 1. The van der Waals surface area contributed by atoms with Gasteiger partial charge in [-0.1, -0.05) is 56.3 Å². The molecule has 0 saturated heterocycles. The molecule has 2 atom stereocenters. The Morgan fingerprint density at radius 2 is 1.82 bits per heavy atom. The summed E-state index contributed by atoms with van der Waals surface area (Å²) in [7, 11) is 0. The minimum Gasteiger partial charge on any atom is -0.480 e. The van der Waals surface area contributed by atoms with Gasteiger partial charge in [0.05, 0.1) is 6.33 Å². The summed E-state index contributed by atoms with van der Waals surface area (Å²) in [5.41, 5.74) is 12.3. The molecular weight excluding hydrogens is 350 g/mol. The molecule has 0 spiro atoms. The highest BCUT2D eigenvalue weighted by Crippen LogP contribution is 2.31. The fraction of sp³-hybridized carbons (Fsp3) is 0.304. The summed E-state index contributed by atoms with van der Waals surface area (Å²) < 4.78 is 0. The van der Waals surface area contributed by atoms with Crippen LogP contribution in [0.15, 0.2) is 55.0 Å². The van der Waals surface area contributed by atoms with E-state index in [1.54, 1.807) is 18.5 Å². The van der Waals surface area contributed by atoms with Crippen molar-refractivity contribution < 1.29 is 9.90 Å². The highest BCUT2D eigenvalue weighted by molar-refractivity contribution is 5.75. The maximum absolute atomic E-state index is 11.0. The first-order valence-corrected chi connectivity index (χ1v) is 9.59. The second-order valence-corrected chi connectivity index (χ2v) is 6.61. The van der Waals surface area contributed by atoms with Crippen molar-refractivity contribution in [1.82, 2.24) is 9.97 Å². The van der Waals surface area contributed by atoms with Crippen LogP contribution in [0.2, 0.25) is 0 Å². The van der Waals surface area contributed by atoms with Crippen LogP contribution in [0.3, 0.4) is 0 Å². The molecule has 4 N–H and O–H groups in total. The third kappa shape index (κ3) is 4.87. The number of aromatic amines is 1. The van der Waals surface area contributed by atoms with Crippen LogP contribution in [-0.4, -0.2) is 21.0 Å². The quantitative estimate of drug-likeness (QED) is 0.587. The predicted molar refractivity (Wildman–Crippen MR) is 112 cm³/mol. The Morgan fingerprint density at radius 1 is 1.14 bits per heavy atom. The average Bonchev–Trinajstić information content (AvgIpc) is 3.24. The van der Waals surface area contributed by atoms with E-state index in [0.717, 1.165) is 17.7 Å². The molecular formula is C23H29N3O2. The van der Waals surface area contributed by atoms with E-state index in [0.29, 0.717) is 5.56 Å². The molecule has 0 aliphatic heterocycles. The standard InChI is InChI=1S/C21H23N3O2.C2H6/c1-13-4-3-5-17(14(13)2)18(19-11-23-12-24-19)10-15-6-8-16(9-7-15)20(22)21(25)26;1-2/h3-9,11-12,18,20H,10,22H2,1-2H3,(H,23,24)(H,25,26);1-2H3. The first kappa shape index (κ1) is 21.4. The predicted octanol–water partition coefficient (Wildman–Crippen LogP) is 4.51. The second-order valence-electron chi connectivity index (χ2n) is 6.61. The van der Waals surface area contributed by atoms with Crippen LogP contribution in [0.5, 0.6) is 0 Å². The van der Waals surface area contributed by atoms with Crippen molar-refractivity contribution in [2.24, 2.45) is 5.73 Å². The van der Waals surface area contributed by atoms with Crippen molar-refractivity contribution in [3.8, 4) is 0 Å². The van der Waals surface area contributed by atoms with E-state index in [-0.39, 0.29) is 5.92 Å². The number of aromatic nitrogens is 2. The first-order valence-electron chi connectivity index (χ1n) is 9.59. The van der Waals surface area contributed by atoms with Crippen LogP contribution in [0.25, 0.3) is 0 Å². The number of carboxylic acids is 1. The van der Waals surface area contributed by atoms with Gasteiger partial charge in [0.25, 0.3) is 0 Å². The van der Waals surface area contributed by atoms with E-state index in [9.17, 15) is 4.79 Å². The zero-order chi connectivity index (χ0) is 20.7. The normalized spacial score (nSPS) is 12.6. The third-order valence-electron chi connectivity index (χ3n) is 4.96. The minimum atomic E-state index is -1.02. The van der Waals surface area contributed by atoms with Crippen molar-refractivity contribution in [3.05, 3.63) is 88.5 Å². The number of benzene rings is 2. The molecule has 3 rings (SSSR count). The van der Waals surface area contributed by atoms with Crippen molar-refractivity contribution in [2.45, 2.75) is 46.1 Å². The Bertz CT molecular complexity index is 887. The lowest BCUT2D eigenvalue weighted by Gasteiger charge is -2.20. The van der Waals surface area contributed by atoms with E-state index in [1.807, 2.05) is 32.2 Å². The topological polar surface area (TPSA) is 92.0 Å². The van der Waals surface area contributed by atoms with Gasteiger partial charge >= 0.3 is 5.97 Å². The molecule has 3 aromatic rings. The largest absolute Gasteiger partial charge is 0.480 e. The molecule has 0 aliphatic carbocycles. The number of aryl methyl sites for hydroxylation is 1. The molecule has 148 valence electrons. The summed E-state index contributed by atoms with van der Waals surface area (Å²) in [5, 5.41) is 9.04. The molecule has 2 aromatic carbocycles. The zero-order valence-corrected chi connectivity index (χ0v) is 16.9. The van der Waals surface area contributed by atoms with Crippen LogP contribution < -0.4 is 5.73 Å². The van der Waals surface area contributed by atoms with Crippen LogP contribution in [0.4, 0.5) is 0 Å². The van der Waals surface area contributed by atoms with Gasteiger partial charge in [0.15, 0.2) is 0 Å². The van der Waals surface area contributed by atoms with Gasteiger partial charge in [-0.2, -0.15) is 0 Å². The van der Waals surface area contributed by atoms with E-state index >= 15 is 0 Å². The van der Waals surface area contributed by atoms with Gasteiger partial charge in [-0.25, -0.2) is 4.98 Å². The summed E-state index contributed by atoms with van der Waals surface area (Å²) in [6, 6.07) is 12.8. The van der Waals surface area contributed by atoms with E-state index in [4.69, 9.17) is 10.8 Å². The summed E-state index contributed by atoms with van der Waals surface area (Å²) in [5.74, 6) is -0.875. The molecule has 0 aliphatic rings. The summed E-state index contributed by atoms with van der Waals surface area (Å²) >= 11 is 0. The van der Waals surface area contributed by atoms with Gasteiger partial charge < -0.3 is 15.8 Å². The molecule has 0 radical (unpaired) electrons. The number of carbonyl (C=O) groups is 1. The highest BCUT2D eigenvalue weighted by Gasteiger charge is 2.20. The second kappa shape index (κ2) is 9.85. The zero-order valence-electron chi connectivity index (χ0n) is 16.9. The molecule has 0 amide bonds. The Hall–Kier alpha value is -2.92. The Morgan fingerprint density at radius 3 is 2.39 bits per heavy atom.